The number of thiol groups is 1. The molecule has 0 unspecified atom stereocenters. The van der Waals surface area contributed by atoms with Crippen LogP contribution in [0.15, 0.2) is 53.4 Å². The molecule has 136 valence electrons. The molecule has 26 heavy (non-hydrogen) atoms. The number of hydrogen-bond acceptors (Lipinski definition) is 3. The number of para-hydroxylation sites is 1. The highest BCUT2D eigenvalue weighted by atomic mass is 32.2. The van der Waals surface area contributed by atoms with Crippen molar-refractivity contribution in [1.82, 2.24) is 0 Å². The van der Waals surface area contributed by atoms with E-state index in [1.165, 1.54) is 6.42 Å². The van der Waals surface area contributed by atoms with Crippen LogP contribution in [-0.4, -0.2) is 10.4 Å². The zero-order valence-electron chi connectivity index (χ0n) is 14.8. The fraction of sp³-hybridized carbons (Fsp3) is 0.333. The van der Waals surface area contributed by atoms with E-state index >= 15 is 0 Å². The summed E-state index contributed by atoms with van der Waals surface area (Å²) in [7, 11) is 0. The predicted octanol–water partition coefficient (Wildman–Crippen LogP) is 6.40. The summed E-state index contributed by atoms with van der Waals surface area (Å²) in [6.45, 7) is 2.06. The molecule has 0 heterocycles. The summed E-state index contributed by atoms with van der Waals surface area (Å²) in [6.07, 6.45) is 5.29. The van der Waals surface area contributed by atoms with Crippen LogP contribution in [-0.2, 0) is 4.79 Å². The molecule has 1 aliphatic carbocycles. The molecule has 1 saturated carbocycles. The summed E-state index contributed by atoms with van der Waals surface area (Å²) < 4.78 is -0.256. The SMILES string of the molecule is CC1(C(=O)Nc2ccccc2-c2ccccc2SC(=O)S)CCCCC1. The van der Waals surface area contributed by atoms with Gasteiger partial charge in [-0.15, -0.1) is 0 Å². The van der Waals surface area contributed by atoms with E-state index in [-0.39, 0.29) is 15.8 Å². The molecule has 0 radical (unpaired) electrons. The molecule has 1 amide bonds. The van der Waals surface area contributed by atoms with E-state index in [1.807, 2.05) is 48.5 Å². The lowest BCUT2D eigenvalue weighted by atomic mass is 9.75. The Kier molecular flexibility index (Phi) is 6.09. The van der Waals surface area contributed by atoms with Crippen LogP contribution in [0.2, 0.25) is 0 Å². The number of hydrogen-bond donors (Lipinski definition) is 2. The summed E-state index contributed by atoms with van der Waals surface area (Å²) in [4.78, 5) is 25.2. The van der Waals surface area contributed by atoms with Gasteiger partial charge in [0.2, 0.25) is 10.4 Å². The zero-order chi connectivity index (χ0) is 18.6. The van der Waals surface area contributed by atoms with Crippen LogP contribution in [0.3, 0.4) is 0 Å². The molecule has 1 aliphatic rings. The number of amides is 1. The van der Waals surface area contributed by atoms with Gasteiger partial charge in [-0.05, 0) is 42.3 Å². The largest absolute Gasteiger partial charge is 0.325 e. The molecule has 2 aromatic carbocycles. The first kappa shape index (κ1) is 19.1. The average molecular weight is 386 g/mol. The first-order valence-corrected chi connectivity index (χ1v) is 10.2. The van der Waals surface area contributed by atoms with E-state index in [9.17, 15) is 9.59 Å². The highest BCUT2D eigenvalue weighted by Crippen LogP contribution is 2.39. The second-order valence-electron chi connectivity index (χ2n) is 6.99. The van der Waals surface area contributed by atoms with Gasteiger partial charge in [-0.3, -0.25) is 9.59 Å². The van der Waals surface area contributed by atoms with Crippen molar-refractivity contribution >= 4 is 40.4 Å². The van der Waals surface area contributed by atoms with Gasteiger partial charge in [0.25, 0.3) is 0 Å². The van der Waals surface area contributed by atoms with Crippen LogP contribution in [0.25, 0.3) is 11.1 Å². The first-order chi connectivity index (χ1) is 12.5. The molecule has 1 fully saturated rings. The number of anilines is 1. The Morgan fingerprint density at radius 1 is 0.962 bits per heavy atom. The smallest absolute Gasteiger partial charge is 0.247 e. The minimum absolute atomic E-state index is 0.0834. The summed E-state index contributed by atoms with van der Waals surface area (Å²) in [5, 5.41) is 3.15. The zero-order valence-corrected chi connectivity index (χ0v) is 16.5. The van der Waals surface area contributed by atoms with Gasteiger partial charge in [-0.1, -0.05) is 75.2 Å². The highest BCUT2D eigenvalue weighted by Gasteiger charge is 2.34. The van der Waals surface area contributed by atoms with Gasteiger partial charge in [0.15, 0.2) is 0 Å². The standard InChI is InChI=1S/C21H23NO2S2/c1-21(13-7-2-8-14-21)19(23)22-17-11-5-3-9-15(17)16-10-4-6-12-18(16)26-20(24)25/h3-6,9-12H,2,7-8,13-14H2,1H3,(H,22,23)(H,24,25). The number of benzene rings is 2. The maximum absolute atomic E-state index is 13.0. The lowest BCUT2D eigenvalue weighted by molar-refractivity contribution is -0.126. The maximum Gasteiger partial charge on any atom is 0.247 e. The molecular weight excluding hydrogens is 362 g/mol. The van der Waals surface area contributed by atoms with Gasteiger partial charge in [-0.25, -0.2) is 0 Å². The molecule has 5 heteroatoms. The summed E-state index contributed by atoms with van der Waals surface area (Å²) >= 11 is 4.97. The fourth-order valence-electron chi connectivity index (χ4n) is 3.53. The third-order valence-electron chi connectivity index (χ3n) is 5.06. The van der Waals surface area contributed by atoms with E-state index < -0.39 is 0 Å². The molecular formula is C21H23NO2S2. The van der Waals surface area contributed by atoms with Gasteiger partial charge in [-0.2, -0.15) is 0 Å². The molecule has 1 N–H and O–H groups in total. The van der Waals surface area contributed by atoms with Gasteiger partial charge >= 0.3 is 0 Å². The molecule has 0 atom stereocenters. The van der Waals surface area contributed by atoms with Crippen LogP contribution >= 0.6 is 24.4 Å². The van der Waals surface area contributed by atoms with Crippen LogP contribution in [0, 0.1) is 5.41 Å². The Morgan fingerprint density at radius 3 is 2.27 bits per heavy atom. The monoisotopic (exact) mass is 385 g/mol. The average Bonchev–Trinajstić information content (AvgIpc) is 2.63. The van der Waals surface area contributed by atoms with E-state index in [0.29, 0.717) is 0 Å². The molecule has 3 nitrogen and oxygen atoms in total. The summed E-state index contributed by atoms with van der Waals surface area (Å²) in [5.74, 6) is 0.0834. The Morgan fingerprint density at radius 2 is 1.58 bits per heavy atom. The van der Waals surface area contributed by atoms with Crippen molar-refractivity contribution < 1.29 is 9.59 Å². The van der Waals surface area contributed by atoms with Crippen molar-refractivity contribution in [2.45, 2.75) is 43.9 Å². The quantitative estimate of drug-likeness (QED) is 0.472. The lowest BCUT2D eigenvalue weighted by Crippen LogP contribution is -2.35. The van der Waals surface area contributed by atoms with Crippen molar-refractivity contribution in [2.75, 3.05) is 5.32 Å². The van der Waals surface area contributed by atoms with Gasteiger partial charge in [0.1, 0.15) is 0 Å². The summed E-state index contributed by atoms with van der Waals surface area (Å²) in [5.41, 5.74) is 2.31. The van der Waals surface area contributed by atoms with E-state index in [2.05, 4.69) is 24.9 Å². The highest BCUT2D eigenvalue weighted by molar-refractivity contribution is 8.32. The first-order valence-electron chi connectivity index (χ1n) is 8.90. The van der Waals surface area contributed by atoms with Crippen molar-refractivity contribution in [3.8, 4) is 11.1 Å². The minimum atomic E-state index is -0.305. The Hall–Kier alpha value is -1.72. The van der Waals surface area contributed by atoms with Gasteiger partial charge in [0, 0.05) is 21.6 Å². The molecule has 0 saturated heterocycles. The topological polar surface area (TPSA) is 46.2 Å². The molecule has 3 rings (SSSR count). The molecule has 0 aliphatic heterocycles. The summed E-state index contributed by atoms with van der Waals surface area (Å²) in [6, 6.07) is 15.4. The fourth-order valence-corrected chi connectivity index (χ4v) is 4.45. The Bertz CT molecular complexity index is 813. The van der Waals surface area contributed by atoms with Crippen molar-refractivity contribution in [3.63, 3.8) is 0 Å². The van der Waals surface area contributed by atoms with E-state index in [4.69, 9.17) is 0 Å². The van der Waals surface area contributed by atoms with Gasteiger partial charge in [0.05, 0.1) is 0 Å². The third-order valence-corrected chi connectivity index (χ3v) is 6.08. The minimum Gasteiger partial charge on any atom is -0.325 e. The normalized spacial score (nSPS) is 16.1. The number of thioether (sulfide) groups is 1. The second kappa shape index (κ2) is 8.31. The maximum atomic E-state index is 13.0. The molecule has 2 aromatic rings. The predicted molar refractivity (Wildman–Crippen MR) is 112 cm³/mol. The number of rotatable bonds is 4. The van der Waals surface area contributed by atoms with Crippen LogP contribution in [0.5, 0.6) is 0 Å². The molecule has 0 bridgehead atoms. The molecule has 0 spiro atoms. The number of nitrogens with one attached hydrogen (secondary N) is 1. The van der Waals surface area contributed by atoms with Crippen LogP contribution in [0.4, 0.5) is 10.5 Å². The van der Waals surface area contributed by atoms with Crippen molar-refractivity contribution in [2.24, 2.45) is 5.41 Å². The van der Waals surface area contributed by atoms with Crippen molar-refractivity contribution in [1.29, 1.82) is 0 Å². The van der Waals surface area contributed by atoms with Crippen molar-refractivity contribution in [3.05, 3.63) is 48.5 Å². The number of carbonyl (C=O) groups is 2. The van der Waals surface area contributed by atoms with Crippen LogP contribution in [0.1, 0.15) is 39.0 Å². The van der Waals surface area contributed by atoms with Gasteiger partial charge < -0.3 is 5.32 Å². The third kappa shape index (κ3) is 4.33. The van der Waals surface area contributed by atoms with Crippen LogP contribution < -0.4 is 5.32 Å². The second-order valence-corrected chi connectivity index (χ2v) is 8.71. The Balaban J connectivity index is 1.92. The van der Waals surface area contributed by atoms with E-state index in [0.717, 1.165) is 59.2 Å². The number of carbonyl (C=O) groups excluding carboxylic acids is 2. The Labute approximate surface area is 164 Å². The van der Waals surface area contributed by atoms with E-state index in [1.54, 1.807) is 0 Å². The molecule has 0 aromatic heterocycles. The lowest BCUT2D eigenvalue weighted by Gasteiger charge is -2.32.